The average molecular weight is 365 g/mol. The Morgan fingerprint density at radius 1 is 1.07 bits per heavy atom. The molecule has 0 aliphatic carbocycles. The number of anilines is 1. The van der Waals surface area contributed by atoms with E-state index in [0.717, 1.165) is 39.3 Å². The molecular formula is C20H23N5O2. The maximum absolute atomic E-state index is 11.1. The lowest BCUT2D eigenvalue weighted by Gasteiger charge is -2.34. The topological polar surface area (TPSA) is 85.4 Å². The van der Waals surface area contributed by atoms with E-state index in [1.807, 2.05) is 12.1 Å². The molecule has 0 bridgehead atoms. The van der Waals surface area contributed by atoms with Crippen LogP contribution in [-0.2, 0) is 6.54 Å². The van der Waals surface area contributed by atoms with Crippen LogP contribution in [0.2, 0.25) is 0 Å². The molecule has 2 aromatic carbocycles. The Morgan fingerprint density at radius 3 is 2.44 bits per heavy atom. The van der Waals surface area contributed by atoms with E-state index in [9.17, 15) is 10.1 Å². The fourth-order valence-electron chi connectivity index (χ4n) is 3.27. The Labute approximate surface area is 159 Å². The molecule has 0 unspecified atom stereocenters. The predicted octanol–water partition coefficient (Wildman–Crippen LogP) is 2.70. The Bertz CT molecular complexity index is 811. The molecule has 7 heteroatoms. The van der Waals surface area contributed by atoms with Crippen molar-refractivity contribution in [3.63, 3.8) is 0 Å². The first-order valence-corrected chi connectivity index (χ1v) is 9.07. The van der Waals surface area contributed by atoms with Crippen molar-refractivity contribution in [1.29, 1.82) is 5.26 Å². The van der Waals surface area contributed by atoms with Crippen LogP contribution in [0.3, 0.4) is 0 Å². The minimum absolute atomic E-state index is 0.00156. The second-order valence-corrected chi connectivity index (χ2v) is 6.63. The second-order valence-electron chi connectivity index (χ2n) is 6.63. The molecule has 1 heterocycles. The predicted molar refractivity (Wildman–Crippen MR) is 104 cm³/mol. The van der Waals surface area contributed by atoms with Gasteiger partial charge in [0, 0.05) is 51.9 Å². The van der Waals surface area contributed by atoms with E-state index >= 15 is 0 Å². The van der Waals surface area contributed by atoms with Crippen molar-refractivity contribution in [1.82, 2.24) is 9.80 Å². The Hall–Kier alpha value is -2.95. The number of hydrogen-bond donors (Lipinski definition) is 1. The lowest BCUT2D eigenvalue weighted by Crippen LogP contribution is -2.47. The van der Waals surface area contributed by atoms with Crippen LogP contribution in [0.25, 0.3) is 0 Å². The first kappa shape index (κ1) is 18.8. The van der Waals surface area contributed by atoms with Gasteiger partial charge in [0.1, 0.15) is 5.69 Å². The molecule has 1 N–H and O–H groups in total. The van der Waals surface area contributed by atoms with Gasteiger partial charge >= 0.3 is 0 Å². The summed E-state index contributed by atoms with van der Waals surface area (Å²) in [5, 5.41) is 23.2. The number of piperazine rings is 1. The molecule has 140 valence electrons. The molecule has 0 amide bonds. The SMILES string of the molecule is N#Cc1ccc([N+](=O)[O-])c(NCCN2CCN(Cc3ccccc3)CC2)c1. The largest absolute Gasteiger partial charge is 0.378 e. The van der Waals surface area contributed by atoms with Gasteiger partial charge in [0.15, 0.2) is 0 Å². The first-order valence-electron chi connectivity index (χ1n) is 9.07. The van der Waals surface area contributed by atoms with Crippen LogP contribution in [0, 0.1) is 21.4 Å². The summed E-state index contributed by atoms with van der Waals surface area (Å²) in [6.45, 7) is 6.38. The van der Waals surface area contributed by atoms with E-state index < -0.39 is 4.92 Å². The maximum atomic E-state index is 11.1. The maximum Gasteiger partial charge on any atom is 0.292 e. The number of nitro benzene ring substituents is 1. The zero-order chi connectivity index (χ0) is 19.1. The van der Waals surface area contributed by atoms with Gasteiger partial charge in [-0.2, -0.15) is 5.26 Å². The van der Waals surface area contributed by atoms with Crippen molar-refractivity contribution in [3.05, 3.63) is 69.8 Å². The Balaban J connectivity index is 1.46. The molecule has 2 aromatic rings. The van der Waals surface area contributed by atoms with E-state index in [1.54, 1.807) is 0 Å². The van der Waals surface area contributed by atoms with Gasteiger partial charge in [-0.3, -0.25) is 19.9 Å². The molecule has 7 nitrogen and oxygen atoms in total. The van der Waals surface area contributed by atoms with Crippen LogP contribution >= 0.6 is 0 Å². The molecule has 1 aliphatic rings. The number of hydrogen-bond acceptors (Lipinski definition) is 6. The minimum atomic E-state index is -0.425. The summed E-state index contributed by atoms with van der Waals surface area (Å²) in [5.74, 6) is 0. The van der Waals surface area contributed by atoms with Gasteiger partial charge < -0.3 is 5.32 Å². The quantitative estimate of drug-likeness (QED) is 0.600. The number of nitrogens with one attached hydrogen (secondary N) is 1. The number of benzene rings is 2. The van der Waals surface area contributed by atoms with Crippen LogP contribution < -0.4 is 5.32 Å². The third-order valence-electron chi connectivity index (χ3n) is 4.78. The number of nitrogens with zero attached hydrogens (tertiary/aromatic N) is 4. The smallest absolute Gasteiger partial charge is 0.292 e. The summed E-state index contributed by atoms with van der Waals surface area (Å²) in [6, 6.07) is 16.9. The Morgan fingerprint density at radius 2 is 1.78 bits per heavy atom. The van der Waals surface area contributed by atoms with Crippen LogP contribution in [0.15, 0.2) is 48.5 Å². The third-order valence-corrected chi connectivity index (χ3v) is 4.78. The normalized spacial score (nSPS) is 15.2. The fraction of sp³-hybridized carbons (Fsp3) is 0.350. The standard InChI is InChI=1S/C20H23N5O2/c21-15-18-6-7-20(25(26)27)19(14-18)22-8-9-23-10-12-24(13-11-23)16-17-4-2-1-3-5-17/h1-7,14,22H,8-13,16H2. The van der Waals surface area contributed by atoms with Crippen molar-refractivity contribution in [2.45, 2.75) is 6.54 Å². The summed E-state index contributed by atoms with van der Waals surface area (Å²) in [5.41, 5.74) is 2.15. The van der Waals surface area contributed by atoms with E-state index in [-0.39, 0.29) is 5.69 Å². The highest BCUT2D eigenvalue weighted by Gasteiger charge is 2.18. The average Bonchev–Trinajstić information content (AvgIpc) is 2.70. The summed E-state index contributed by atoms with van der Waals surface area (Å²) in [7, 11) is 0. The van der Waals surface area contributed by atoms with Crippen LogP contribution in [-0.4, -0.2) is 54.0 Å². The zero-order valence-electron chi connectivity index (χ0n) is 15.2. The fourth-order valence-corrected chi connectivity index (χ4v) is 3.27. The van der Waals surface area contributed by atoms with Crippen molar-refractivity contribution in [3.8, 4) is 6.07 Å². The van der Waals surface area contributed by atoms with Crippen molar-refractivity contribution >= 4 is 11.4 Å². The van der Waals surface area contributed by atoms with Crippen LogP contribution in [0.1, 0.15) is 11.1 Å². The molecule has 1 fully saturated rings. The molecule has 27 heavy (non-hydrogen) atoms. The van der Waals surface area contributed by atoms with Gasteiger partial charge in [0.05, 0.1) is 16.6 Å². The van der Waals surface area contributed by atoms with Gasteiger partial charge in [0.2, 0.25) is 0 Å². The molecule has 0 aromatic heterocycles. The number of nitro groups is 1. The van der Waals surface area contributed by atoms with E-state index in [4.69, 9.17) is 5.26 Å². The van der Waals surface area contributed by atoms with Crippen molar-refractivity contribution in [2.75, 3.05) is 44.6 Å². The molecular weight excluding hydrogens is 342 g/mol. The molecule has 0 saturated carbocycles. The molecule has 0 spiro atoms. The number of rotatable bonds is 7. The van der Waals surface area contributed by atoms with Crippen molar-refractivity contribution < 1.29 is 4.92 Å². The van der Waals surface area contributed by atoms with Gasteiger partial charge in [-0.05, 0) is 17.7 Å². The van der Waals surface area contributed by atoms with E-state index in [1.165, 1.54) is 23.8 Å². The van der Waals surface area contributed by atoms with Gasteiger partial charge in [-0.25, -0.2) is 0 Å². The van der Waals surface area contributed by atoms with Crippen LogP contribution in [0.5, 0.6) is 0 Å². The first-order chi connectivity index (χ1) is 13.2. The van der Waals surface area contributed by atoms with Crippen LogP contribution in [0.4, 0.5) is 11.4 Å². The summed E-state index contributed by atoms with van der Waals surface area (Å²) in [4.78, 5) is 15.5. The van der Waals surface area contributed by atoms with E-state index in [2.05, 4.69) is 39.4 Å². The summed E-state index contributed by atoms with van der Waals surface area (Å²) < 4.78 is 0. The lowest BCUT2D eigenvalue weighted by atomic mass is 10.2. The molecule has 1 saturated heterocycles. The van der Waals surface area contributed by atoms with Gasteiger partial charge in [-0.15, -0.1) is 0 Å². The van der Waals surface area contributed by atoms with Gasteiger partial charge in [0.25, 0.3) is 5.69 Å². The molecule has 3 rings (SSSR count). The zero-order valence-corrected chi connectivity index (χ0v) is 15.2. The van der Waals surface area contributed by atoms with E-state index in [0.29, 0.717) is 17.8 Å². The van der Waals surface area contributed by atoms with Gasteiger partial charge in [-0.1, -0.05) is 30.3 Å². The summed E-state index contributed by atoms with van der Waals surface area (Å²) >= 11 is 0. The van der Waals surface area contributed by atoms with Crippen molar-refractivity contribution in [2.24, 2.45) is 0 Å². The molecule has 1 aliphatic heterocycles. The highest BCUT2D eigenvalue weighted by molar-refractivity contribution is 5.64. The number of nitriles is 1. The minimum Gasteiger partial charge on any atom is -0.378 e. The molecule has 0 atom stereocenters. The Kier molecular flexibility index (Phi) is 6.36. The lowest BCUT2D eigenvalue weighted by molar-refractivity contribution is -0.384. The monoisotopic (exact) mass is 365 g/mol. The highest BCUT2D eigenvalue weighted by atomic mass is 16.6. The third kappa shape index (κ3) is 5.26. The second kappa shape index (κ2) is 9.12. The highest BCUT2D eigenvalue weighted by Crippen LogP contribution is 2.25. The molecule has 0 radical (unpaired) electrons. The summed E-state index contributed by atoms with van der Waals surface area (Å²) in [6.07, 6.45) is 0.